The number of fused-ring (bicyclic) bond motifs is 1. The first-order valence-corrected chi connectivity index (χ1v) is 8.01. The van der Waals surface area contributed by atoms with Crippen molar-refractivity contribution in [2.24, 2.45) is 5.92 Å². The molecule has 2 unspecified atom stereocenters. The number of hydrogen-bond acceptors (Lipinski definition) is 3. The number of ether oxygens (including phenoxy) is 2. The van der Waals surface area contributed by atoms with Crippen LogP contribution in [-0.4, -0.2) is 19.3 Å². The maximum Gasteiger partial charge on any atom is 0.163 e. The number of anilines is 1. The molecule has 1 heterocycles. The van der Waals surface area contributed by atoms with Crippen LogP contribution >= 0.6 is 11.6 Å². The molecule has 1 fully saturated rings. The van der Waals surface area contributed by atoms with Crippen molar-refractivity contribution in [3.8, 4) is 11.5 Å². The van der Waals surface area contributed by atoms with Crippen LogP contribution in [0, 0.1) is 5.92 Å². The minimum absolute atomic E-state index is 0.522. The largest absolute Gasteiger partial charge is 0.486 e. The number of rotatable bonds is 3. The Morgan fingerprint density at radius 3 is 2.60 bits per heavy atom. The lowest BCUT2D eigenvalue weighted by Gasteiger charge is -2.33. The summed E-state index contributed by atoms with van der Waals surface area (Å²) in [7, 11) is 0. The Hall–Kier alpha value is -1.09. The van der Waals surface area contributed by atoms with Crippen molar-refractivity contribution >= 4 is 17.3 Å². The van der Waals surface area contributed by atoms with Gasteiger partial charge in [-0.3, -0.25) is 0 Å². The molecule has 0 saturated heterocycles. The van der Waals surface area contributed by atoms with Crippen molar-refractivity contribution in [3.05, 3.63) is 17.2 Å². The van der Waals surface area contributed by atoms with Crippen molar-refractivity contribution < 1.29 is 9.47 Å². The maximum absolute atomic E-state index is 6.37. The first kappa shape index (κ1) is 13.9. The van der Waals surface area contributed by atoms with E-state index in [2.05, 4.69) is 12.2 Å². The highest BCUT2D eigenvalue weighted by Gasteiger charge is 2.25. The van der Waals surface area contributed by atoms with Crippen molar-refractivity contribution in [1.82, 2.24) is 0 Å². The molecular formula is C16H22ClNO2. The molecule has 4 heteroatoms. The standard InChI is InChI=1S/C16H22ClNO2/c1-2-11-5-3-4-6-13(11)18-14-10-16-15(9-12(14)17)19-7-8-20-16/h9-11,13,18H,2-8H2,1H3. The number of hydrogen-bond donors (Lipinski definition) is 1. The molecule has 1 aliphatic carbocycles. The summed E-state index contributed by atoms with van der Waals surface area (Å²) in [6.07, 6.45) is 6.42. The van der Waals surface area contributed by atoms with Gasteiger partial charge >= 0.3 is 0 Å². The van der Waals surface area contributed by atoms with E-state index >= 15 is 0 Å². The highest BCUT2D eigenvalue weighted by molar-refractivity contribution is 6.33. The first-order chi connectivity index (χ1) is 9.78. The van der Waals surface area contributed by atoms with Gasteiger partial charge in [0.2, 0.25) is 0 Å². The summed E-state index contributed by atoms with van der Waals surface area (Å²) in [5, 5.41) is 4.35. The molecule has 0 amide bonds. The molecule has 1 aromatic carbocycles. The van der Waals surface area contributed by atoms with Gasteiger partial charge < -0.3 is 14.8 Å². The van der Waals surface area contributed by atoms with E-state index in [9.17, 15) is 0 Å². The Bertz CT molecular complexity index is 478. The molecule has 1 aromatic rings. The van der Waals surface area contributed by atoms with Gasteiger partial charge in [-0.1, -0.05) is 37.8 Å². The van der Waals surface area contributed by atoms with Gasteiger partial charge in [0, 0.05) is 18.2 Å². The second kappa shape index (κ2) is 6.13. The molecule has 20 heavy (non-hydrogen) atoms. The number of halogens is 1. The molecular weight excluding hydrogens is 274 g/mol. The van der Waals surface area contributed by atoms with Crippen LogP contribution in [0.5, 0.6) is 11.5 Å². The molecule has 2 aliphatic rings. The third kappa shape index (κ3) is 2.83. The fourth-order valence-corrected chi connectivity index (χ4v) is 3.47. The quantitative estimate of drug-likeness (QED) is 0.891. The lowest BCUT2D eigenvalue weighted by atomic mass is 9.83. The average Bonchev–Trinajstić information content (AvgIpc) is 2.48. The second-order valence-corrected chi connectivity index (χ2v) is 6.09. The Labute approximate surface area is 125 Å². The van der Waals surface area contributed by atoms with E-state index in [-0.39, 0.29) is 0 Å². The monoisotopic (exact) mass is 295 g/mol. The second-order valence-electron chi connectivity index (χ2n) is 5.68. The minimum atomic E-state index is 0.522. The van der Waals surface area contributed by atoms with Crippen LogP contribution in [0.1, 0.15) is 39.0 Å². The molecule has 3 nitrogen and oxygen atoms in total. The number of nitrogens with one attached hydrogen (secondary N) is 1. The SMILES string of the molecule is CCC1CCCCC1Nc1cc2c(cc1Cl)OCCO2. The van der Waals surface area contributed by atoms with Crippen molar-refractivity contribution in [3.63, 3.8) is 0 Å². The number of benzene rings is 1. The smallest absolute Gasteiger partial charge is 0.163 e. The van der Waals surface area contributed by atoms with Gasteiger partial charge in [-0.2, -0.15) is 0 Å². The lowest BCUT2D eigenvalue weighted by molar-refractivity contribution is 0.171. The molecule has 1 N–H and O–H groups in total. The van der Waals surface area contributed by atoms with Crippen LogP contribution in [0.2, 0.25) is 5.02 Å². The van der Waals surface area contributed by atoms with E-state index in [1.165, 1.54) is 32.1 Å². The van der Waals surface area contributed by atoms with Gasteiger partial charge in [0.25, 0.3) is 0 Å². The molecule has 3 rings (SSSR count). The van der Waals surface area contributed by atoms with Crippen LogP contribution in [0.4, 0.5) is 5.69 Å². The highest BCUT2D eigenvalue weighted by atomic mass is 35.5. The van der Waals surface area contributed by atoms with Crippen molar-refractivity contribution in [2.75, 3.05) is 18.5 Å². The Morgan fingerprint density at radius 2 is 1.85 bits per heavy atom. The molecule has 0 radical (unpaired) electrons. The average molecular weight is 296 g/mol. The van der Waals surface area contributed by atoms with Gasteiger partial charge in [0.15, 0.2) is 11.5 Å². The van der Waals surface area contributed by atoms with E-state index in [4.69, 9.17) is 21.1 Å². The van der Waals surface area contributed by atoms with E-state index < -0.39 is 0 Å². The van der Waals surface area contributed by atoms with Crippen LogP contribution < -0.4 is 14.8 Å². The van der Waals surface area contributed by atoms with Crippen molar-refractivity contribution in [2.45, 2.75) is 45.1 Å². The summed E-state index contributed by atoms with van der Waals surface area (Å²) in [4.78, 5) is 0. The fraction of sp³-hybridized carbons (Fsp3) is 0.625. The zero-order valence-corrected chi connectivity index (χ0v) is 12.7. The van der Waals surface area contributed by atoms with Gasteiger partial charge in [0.1, 0.15) is 13.2 Å². The fourth-order valence-electron chi connectivity index (χ4n) is 3.26. The van der Waals surface area contributed by atoms with Gasteiger partial charge in [0.05, 0.1) is 10.7 Å². The van der Waals surface area contributed by atoms with Crippen LogP contribution in [0.3, 0.4) is 0 Å². The maximum atomic E-state index is 6.37. The third-order valence-electron chi connectivity index (χ3n) is 4.41. The van der Waals surface area contributed by atoms with Crippen molar-refractivity contribution in [1.29, 1.82) is 0 Å². The molecule has 0 spiro atoms. The molecule has 110 valence electrons. The Kier molecular flexibility index (Phi) is 4.25. The highest BCUT2D eigenvalue weighted by Crippen LogP contribution is 2.39. The Morgan fingerprint density at radius 1 is 1.15 bits per heavy atom. The molecule has 1 aliphatic heterocycles. The zero-order chi connectivity index (χ0) is 13.9. The molecule has 0 aromatic heterocycles. The summed E-state index contributed by atoms with van der Waals surface area (Å²) in [5.41, 5.74) is 0.973. The lowest BCUT2D eigenvalue weighted by Crippen LogP contribution is -2.32. The third-order valence-corrected chi connectivity index (χ3v) is 4.72. The van der Waals surface area contributed by atoms with E-state index in [1.807, 2.05) is 12.1 Å². The predicted octanol–water partition coefficient (Wildman–Crippen LogP) is 4.49. The molecule has 0 bridgehead atoms. The zero-order valence-electron chi connectivity index (χ0n) is 12.0. The minimum Gasteiger partial charge on any atom is -0.486 e. The van der Waals surface area contributed by atoms with E-state index in [1.54, 1.807) is 0 Å². The van der Waals surface area contributed by atoms with Crippen LogP contribution in [0.25, 0.3) is 0 Å². The van der Waals surface area contributed by atoms with Crippen LogP contribution in [-0.2, 0) is 0 Å². The normalized spacial score (nSPS) is 25.3. The van der Waals surface area contributed by atoms with Crippen LogP contribution in [0.15, 0.2) is 12.1 Å². The van der Waals surface area contributed by atoms with Gasteiger partial charge in [-0.15, -0.1) is 0 Å². The van der Waals surface area contributed by atoms with E-state index in [0.29, 0.717) is 19.3 Å². The molecule has 1 saturated carbocycles. The van der Waals surface area contributed by atoms with E-state index in [0.717, 1.165) is 28.1 Å². The summed E-state index contributed by atoms with van der Waals surface area (Å²) >= 11 is 6.37. The summed E-state index contributed by atoms with van der Waals surface area (Å²) in [6, 6.07) is 4.37. The van der Waals surface area contributed by atoms with Gasteiger partial charge in [-0.25, -0.2) is 0 Å². The Balaban J connectivity index is 1.79. The summed E-state index contributed by atoms with van der Waals surface area (Å²) in [6.45, 7) is 3.47. The summed E-state index contributed by atoms with van der Waals surface area (Å²) < 4.78 is 11.2. The topological polar surface area (TPSA) is 30.5 Å². The molecule has 2 atom stereocenters. The first-order valence-electron chi connectivity index (χ1n) is 7.63. The predicted molar refractivity (Wildman–Crippen MR) is 82.1 cm³/mol. The van der Waals surface area contributed by atoms with Gasteiger partial charge in [-0.05, 0) is 18.8 Å². The summed E-state index contributed by atoms with van der Waals surface area (Å²) in [5.74, 6) is 2.29.